The van der Waals surface area contributed by atoms with Crippen LogP contribution in [0.3, 0.4) is 0 Å². The summed E-state index contributed by atoms with van der Waals surface area (Å²) in [6.07, 6.45) is 0. The number of amides is 1. The molecule has 0 aliphatic carbocycles. The average molecular weight is 258 g/mol. The number of benzene rings is 2. The Morgan fingerprint density at radius 2 is 1.84 bits per heavy atom. The van der Waals surface area contributed by atoms with Crippen molar-refractivity contribution in [3.63, 3.8) is 0 Å². The first-order chi connectivity index (χ1) is 9.13. The Labute approximate surface area is 111 Å². The van der Waals surface area contributed by atoms with Crippen molar-refractivity contribution in [3.05, 3.63) is 59.9 Å². The third-order valence-corrected chi connectivity index (χ3v) is 2.58. The smallest absolute Gasteiger partial charge is 0.243 e. The van der Waals surface area contributed by atoms with Crippen LogP contribution in [-0.4, -0.2) is 12.5 Å². The molecule has 1 amide bonds. The molecule has 19 heavy (non-hydrogen) atoms. The fourth-order valence-electron chi connectivity index (χ4n) is 1.71. The number of carbonyl (C=O) groups excluding carboxylic acids is 1. The maximum Gasteiger partial charge on any atom is 0.243 e. The van der Waals surface area contributed by atoms with Crippen molar-refractivity contribution in [3.8, 4) is 0 Å². The maximum absolute atomic E-state index is 12.9. The second-order valence-electron chi connectivity index (χ2n) is 4.28. The molecule has 2 aromatic carbocycles. The van der Waals surface area contributed by atoms with Gasteiger partial charge >= 0.3 is 0 Å². The summed E-state index contributed by atoms with van der Waals surface area (Å²) in [5.41, 5.74) is 2.46. The zero-order valence-corrected chi connectivity index (χ0v) is 10.6. The van der Waals surface area contributed by atoms with E-state index in [4.69, 9.17) is 0 Å². The molecule has 0 radical (unpaired) electrons. The zero-order valence-electron chi connectivity index (χ0n) is 10.6. The molecule has 0 atom stereocenters. The minimum atomic E-state index is -0.371. The molecule has 3 nitrogen and oxygen atoms in total. The van der Waals surface area contributed by atoms with E-state index in [9.17, 15) is 9.18 Å². The Kier molecular flexibility index (Phi) is 4.13. The third kappa shape index (κ3) is 4.10. The van der Waals surface area contributed by atoms with Crippen LogP contribution in [-0.2, 0) is 4.79 Å². The highest BCUT2D eigenvalue weighted by Gasteiger charge is 2.03. The van der Waals surface area contributed by atoms with E-state index in [2.05, 4.69) is 10.6 Å². The van der Waals surface area contributed by atoms with Gasteiger partial charge in [0.25, 0.3) is 0 Å². The number of nitrogens with one attached hydrogen (secondary N) is 2. The molecule has 0 aliphatic rings. The summed E-state index contributed by atoms with van der Waals surface area (Å²) in [7, 11) is 0. The molecule has 2 aromatic rings. The summed E-state index contributed by atoms with van der Waals surface area (Å²) in [6, 6.07) is 13.6. The van der Waals surface area contributed by atoms with Gasteiger partial charge in [0.2, 0.25) is 5.91 Å². The van der Waals surface area contributed by atoms with Crippen LogP contribution in [0, 0.1) is 12.7 Å². The van der Waals surface area contributed by atoms with Crippen molar-refractivity contribution in [1.82, 2.24) is 0 Å². The molecule has 2 N–H and O–H groups in total. The van der Waals surface area contributed by atoms with Crippen molar-refractivity contribution in [2.45, 2.75) is 6.92 Å². The molecule has 0 bridgehead atoms. The second-order valence-corrected chi connectivity index (χ2v) is 4.28. The predicted octanol–water partition coefficient (Wildman–Crippen LogP) is 3.18. The summed E-state index contributed by atoms with van der Waals surface area (Å²) < 4.78 is 12.9. The van der Waals surface area contributed by atoms with Crippen LogP contribution in [0.15, 0.2) is 48.5 Å². The van der Waals surface area contributed by atoms with Crippen molar-refractivity contribution < 1.29 is 9.18 Å². The Morgan fingerprint density at radius 3 is 2.58 bits per heavy atom. The van der Waals surface area contributed by atoms with E-state index in [1.807, 2.05) is 31.2 Å². The fraction of sp³-hybridized carbons (Fsp3) is 0.133. The van der Waals surface area contributed by atoms with Crippen molar-refractivity contribution in [2.24, 2.45) is 0 Å². The van der Waals surface area contributed by atoms with E-state index in [0.29, 0.717) is 5.69 Å². The van der Waals surface area contributed by atoms with Gasteiger partial charge in [0.1, 0.15) is 5.82 Å². The Hall–Kier alpha value is -2.36. The predicted molar refractivity (Wildman–Crippen MR) is 74.7 cm³/mol. The Bertz CT molecular complexity index is 584. The first-order valence-electron chi connectivity index (χ1n) is 5.99. The van der Waals surface area contributed by atoms with E-state index >= 15 is 0 Å². The van der Waals surface area contributed by atoms with Gasteiger partial charge in [-0.15, -0.1) is 0 Å². The first-order valence-corrected chi connectivity index (χ1v) is 5.99. The average Bonchev–Trinajstić information content (AvgIpc) is 2.36. The Balaban J connectivity index is 1.88. The highest BCUT2D eigenvalue weighted by molar-refractivity contribution is 5.93. The molecule has 0 aromatic heterocycles. The van der Waals surface area contributed by atoms with Gasteiger partial charge in [-0.1, -0.05) is 18.2 Å². The van der Waals surface area contributed by atoms with Crippen LogP contribution in [0.4, 0.5) is 15.8 Å². The molecule has 0 unspecified atom stereocenters. The van der Waals surface area contributed by atoms with E-state index < -0.39 is 0 Å². The van der Waals surface area contributed by atoms with Gasteiger partial charge in [-0.3, -0.25) is 4.79 Å². The van der Waals surface area contributed by atoms with Crippen molar-refractivity contribution in [2.75, 3.05) is 17.2 Å². The quantitative estimate of drug-likeness (QED) is 0.884. The number of carbonyl (C=O) groups is 1. The minimum absolute atomic E-state index is 0.139. The van der Waals surface area contributed by atoms with Crippen LogP contribution in [0.5, 0.6) is 0 Å². The SMILES string of the molecule is Cc1cccc(NCC(=O)Nc2cccc(F)c2)c1. The van der Waals surface area contributed by atoms with E-state index in [1.165, 1.54) is 12.1 Å². The standard InChI is InChI=1S/C15H15FN2O/c1-11-4-2-6-13(8-11)17-10-15(19)18-14-7-3-5-12(16)9-14/h2-9,17H,10H2,1H3,(H,18,19). The first kappa shape index (κ1) is 13.1. The van der Waals surface area contributed by atoms with E-state index in [0.717, 1.165) is 11.3 Å². The molecule has 98 valence electrons. The van der Waals surface area contributed by atoms with Crippen LogP contribution >= 0.6 is 0 Å². The molecule has 0 heterocycles. The lowest BCUT2D eigenvalue weighted by Gasteiger charge is -2.08. The second kappa shape index (κ2) is 6.00. The lowest BCUT2D eigenvalue weighted by molar-refractivity contribution is -0.114. The molecule has 0 saturated heterocycles. The highest BCUT2D eigenvalue weighted by atomic mass is 19.1. The fourth-order valence-corrected chi connectivity index (χ4v) is 1.71. The van der Waals surface area contributed by atoms with Crippen LogP contribution in [0.2, 0.25) is 0 Å². The van der Waals surface area contributed by atoms with Gasteiger partial charge in [-0.2, -0.15) is 0 Å². The van der Waals surface area contributed by atoms with Crippen molar-refractivity contribution >= 4 is 17.3 Å². The molecule has 0 spiro atoms. The monoisotopic (exact) mass is 258 g/mol. The van der Waals surface area contributed by atoms with Crippen molar-refractivity contribution in [1.29, 1.82) is 0 Å². The topological polar surface area (TPSA) is 41.1 Å². The summed E-state index contributed by atoms with van der Waals surface area (Å²) >= 11 is 0. The summed E-state index contributed by atoms with van der Waals surface area (Å²) in [5, 5.41) is 5.64. The molecule has 0 saturated carbocycles. The Morgan fingerprint density at radius 1 is 1.11 bits per heavy atom. The van der Waals surface area contributed by atoms with Gasteiger partial charge < -0.3 is 10.6 Å². The van der Waals surface area contributed by atoms with Crippen LogP contribution in [0.25, 0.3) is 0 Å². The van der Waals surface area contributed by atoms with Gasteiger partial charge in [-0.25, -0.2) is 4.39 Å². The van der Waals surface area contributed by atoms with E-state index in [-0.39, 0.29) is 18.3 Å². The van der Waals surface area contributed by atoms with Crippen LogP contribution < -0.4 is 10.6 Å². The number of hydrogen-bond acceptors (Lipinski definition) is 2. The highest BCUT2D eigenvalue weighted by Crippen LogP contribution is 2.10. The summed E-state index contributed by atoms with van der Waals surface area (Å²) in [5.74, 6) is -0.587. The summed E-state index contributed by atoms with van der Waals surface area (Å²) in [6.45, 7) is 2.12. The molecule has 0 fully saturated rings. The third-order valence-electron chi connectivity index (χ3n) is 2.58. The minimum Gasteiger partial charge on any atom is -0.376 e. The van der Waals surface area contributed by atoms with Gasteiger partial charge in [-0.05, 0) is 42.8 Å². The zero-order chi connectivity index (χ0) is 13.7. The lowest BCUT2D eigenvalue weighted by Crippen LogP contribution is -2.21. The largest absolute Gasteiger partial charge is 0.376 e. The molecule has 2 rings (SSSR count). The molecule has 0 aliphatic heterocycles. The molecular formula is C15H15FN2O. The number of anilines is 2. The number of halogens is 1. The maximum atomic E-state index is 12.9. The molecule has 4 heteroatoms. The molecular weight excluding hydrogens is 243 g/mol. The number of rotatable bonds is 4. The van der Waals surface area contributed by atoms with Gasteiger partial charge in [0.05, 0.1) is 6.54 Å². The summed E-state index contributed by atoms with van der Waals surface area (Å²) in [4.78, 5) is 11.7. The van der Waals surface area contributed by atoms with Gasteiger partial charge in [0, 0.05) is 11.4 Å². The van der Waals surface area contributed by atoms with Gasteiger partial charge in [0.15, 0.2) is 0 Å². The van der Waals surface area contributed by atoms with E-state index in [1.54, 1.807) is 12.1 Å². The number of aryl methyl sites for hydroxylation is 1. The van der Waals surface area contributed by atoms with Crippen LogP contribution in [0.1, 0.15) is 5.56 Å². The lowest BCUT2D eigenvalue weighted by atomic mass is 10.2. The number of hydrogen-bond donors (Lipinski definition) is 2. The normalized spacial score (nSPS) is 10.0.